The second-order valence-corrected chi connectivity index (χ2v) is 8.19. The third-order valence-corrected chi connectivity index (χ3v) is 5.33. The Balaban J connectivity index is 0.00000363. The number of hydrogen-bond donors (Lipinski definition) is 2. The molecule has 1 aliphatic rings. The highest BCUT2D eigenvalue weighted by Gasteiger charge is 2.22. The molecule has 0 atom stereocenters. The Hall–Kier alpha value is -2.21. The smallest absolute Gasteiger partial charge is 0.234 e. The van der Waals surface area contributed by atoms with Crippen LogP contribution in [0, 0.1) is 6.92 Å². The number of benzene rings is 1. The molecule has 3 rings (SSSR count). The molecule has 1 aliphatic heterocycles. The maximum atomic E-state index is 12.1. The van der Waals surface area contributed by atoms with Crippen LogP contribution in [0.2, 0.25) is 0 Å². The third kappa shape index (κ3) is 7.73. The molecule has 10 heteroatoms. The Morgan fingerprint density at radius 2 is 1.81 bits per heavy atom. The number of piperazine rings is 1. The van der Waals surface area contributed by atoms with Crippen molar-refractivity contribution in [2.24, 2.45) is 12.0 Å². The molecule has 2 heterocycles. The van der Waals surface area contributed by atoms with Crippen LogP contribution in [0.3, 0.4) is 0 Å². The van der Waals surface area contributed by atoms with Crippen LogP contribution in [0.5, 0.6) is 0 Å². The van der Waals surface area contributed by atoms with Gasteiger partial charge in [-0.1, -0.05) is 30.3 Å². The number of nitrogens with one attached hydrogen (secondary N) is 2. The first-order chi connectivity index (χ1) is 14.9. The number of halogens is 1. The molecule has 2 aromatic rings. The number of carbonyl (C=O) groups is 1. The van der Waals surface area contributed by atoms with Gasteiger partial charge in [-0.25, -0.2) is 4.99 Å². The number of amides is 1. The summed E-state index contributed by atoms with van der Waals surface area (Å²) in [5.41, 5.74) is 1.17. The minimum absolute atomic E-state index is 0. The lowest BCUT2D eigenvalue weighted by Gasteiger charge is -2.36. The Morgan fingerprint density at radius 1 is 1.12 bits per heavy atom. The fraction of sp³-hybridized carbons (Fsp3) is 0.545. The first-order valence-electron chi connectivity index (χ1n) is 10.9. The van der Waals surface area contributed by atoms with E-state index >= 15 is 0 Å². The van der Waals surface area contributed by atoms with E-state index in [1.54, 1.807) is 0 Å². The first kappa shape index (κ1) is 26.0. The molecule has 0 aliphatic carbocycles. The highest BCUT2D eigenvalue weighted by atomic mass is 127. The monoisotopic (exact) mass is 554 g/mol. The minimum atomic E-state index is 0. The Kier molecular flexibility index (Phi) is 10.4. The molecule has 1 aromatic heterocycles. The highest BCUT2D eigenvalue weighted by molar-refractivity contribution is 14.0. The van der Waals surface area contributed by atoms with E-state index in [2.05, 4.69) is 42.8 Å². The molecule has 1 amide bonds. The van der Waals surface area contributed by atoms with E-state index < -0.39 is 0 Å². The zero-order valence-corrected chi connectivity index (χ0v) is 21.7. The normalized spacial score (nSPS) is 14.9. The van der Waals surface area contributed by atoms with Gasteiger partial charge in [0.05, 0.1) is 19.6 Å². The van der Waals surface area contributed by atoms with Crippen LogP contribution in [-0.4, -0.2) is 75.2 Å². The average Bonchev–Trinajstić information content (AvgIpc) is 3.07. The number of guanidine groups is 1. The van der Waals surface area contributed by atoms with Crippen molar-refractivity contribution in [2.45, 2.75) is 39.9 Å². The first-order valence-corrected chi connectivity index (χ1v) is 10.9. The van der Waals surface area contributed by atoms with Crippen molar-refractivity contribution >= 4 is 35.8 Å². The second-order valence-electron chi connectivity index (χ2n) is 8.19. The van der Waals surface area contributed by atoms with Crippen LogP contribution in [0.25, 0.3) is 0 Å². The maximum Gasteiger partial charge on any atom is 0.234 e. The molecule has 2 N–H and O–H groups in total. The Morgan fingerprint density at radius 3 is 2.41 bits per heavy atom. The molecule has 0 saturated carbocycles. The van der Waals surface area contributed by atoms with Gasteiger partial charge >= 0.3 is 0 Å². The number of rotatable bonds is 7. The van der Waals surface area contributed by atoms with Gasteiger partial charge in [0.25, 0.3) is 0 Å². The average molecular weight is 554 g/mol. The van der Waals surface area contributed by atoms with Crippen LogP contribution in [0.15, 0.2) is 35.3 Å². The van der Waals surface area contributed by atoms with Gasteiger partial charge in [0.2, 0.25) is 5.91 Å². The highest BCUT2D eigenvalue weighted by Crippen LogP contribution is 2.06. The molecule has 0 spiro atoms. The minimum Gasteiger partial charge on any atom is -0.353 e. The van der Waals surface area contributed by atoms with Crippen LogP contribution >= 0.6 is 24.0 Å². The van der Waals surface area contributed by atoms with Crippen molar-refractivity contribution in [2.75, 3.05) is 32.7 Å². The lowest BCUT2D eigenvalue weighted by molar-refractivity contribution is -0.123. The van der Waals surface area contributed by atoms with Crippen LogP contribution in [-0.2, 0) is 24.9 Å². The van der Waals surface area contributed by atoms with Gasteiger partial charge in [0.1, 0.15) is 5.82 Å². The van der Waals surface area contributed by atoms with E-state index in [-0.39, 0.29) is 35.9 Å². The van der Waals surface area contributed by atoms with Crippen molar-refractivity contribution in [1.29, 1.82) is 0 Å². The molecule has 1 fully saturated rings. The summed E-state index contributed by atoms with van der Waals surface area (Å²) < 4.78 is 1.98. The quantitative estimate of drug-likeness (QED) is 0.307. The summed E-state index contributed by atoms with van der Waals surface area (Å²) >= 11 is 0. The van der Waals surface area contributed by atoms with Crippen LogP contribution in [0.4, 0.5) is 0 Å². The third-order valence-electron chi connectivity index (χ3n) is 5.33. The van der Waals surface area contributed by atoms with Gasteiger partial charge in [-0.15, -0.1) is 34.2 Å². The SMILES string of the molecule is Cc1nnc(CNC(=NCc2ccccc2)N2CCN(CC(=O)NC(C)C)CC2)n1C.I. The molecule has 0 unspecified atom stereocenters. The largest absolute Gasteiger partial charge is 0.353 e. The summed E-state index contributed by atoms with van der Waals surface area (Å²) in [6.45, 7) is 10.8. The summed E-state index contributed by atoms with van der Waals surface area (Å²) in [6.07, 6.45) is 0. The predicted octanol–water partition coefficient (Wildman–Crippen LogP) is 1.53. The second kappa shape index (κ2) is 12.7. The summed E-state index contributed by atoms with van der Waals surface area (Å²) in [7, 11) is 1.97. The maximum absolute atomic E-state index is 12.1. The molecule has 1 aromatic carbocycles. The zero-order chi connectivity index (χ0) is 22.2. The van der Waals surface area contributed by atoms with E-state index in [0.29, 0.717) is 19.6 Å². The molecule has 32 heavy (non-hydrogen) atoms. The lowest BCUT2D eigenvalue weighted by atomic mass is 10.2. The van der Waals surface area contributed by atoms with Crippen LogP contribution < -0.4 is 10.6 Å². The fourth-order valence-corrected chi connectivity index (χ4v) is 3.47. The summed E-state index contributed by atoms with van der Waals surface area (Å²) in [4.78, 5) is 21.4. The van der Waals surface area contributed by atoms with Gasteiger partial charge in [-0.05, 0) is 26.3 Å². The predicted molar refractivity (Wildman–Crippen MR) is 137 cm³/mol. The fourth-order valence-electron chi connectivity index (χ4n) is 3.47. The Labute approximate surface area is 207 Å². The topological polar surface area (TPSA) is 90.7 Å². The lowest BCUT2D eigenvalue weighted by Crippen LogP contribution is -2.54. The van der Waals surface area contributed by atoms with Crippen molar-refractivity contribution in [3.8, 4) is 0 Å². The number of hydrogen-bond acceptors (Lipinski definition) is 5. The number of carbonyl (C=O) groups excluding carboxylic acids is 1. The van der Waals surface area contributed by atoms with E-state index in [0.717, 1.165) is 43.8 Å². The standard InChI is InChI=1S/C22H34N8O.HI/c1-17(2)25-21(31)16-29-10-12-30(13-11-29)22(23-14-19-8-6-5-7-9-19)24-15-20-27-26-18(3)28(20)4;/h5-9,17H,10-16H2,1-4H3,(H,23,24)(H,25,31);1H. The zero-order valence-electron chi connectivity index (χ0n) is 19.4. The van der Waals surface area contributed by atoms with E-state index in [1.165, 1.54) is 5.56 Å². The van der Waals surface area contributed by atoms with Gasteiger partial charge in [-0.3, -0.25) is 9.69 Å². The van der Waals surface area contributed by atoms with Crippen LogP contribution in [0.1, 0.15) is 31.1 Å². The van der Waals surface area contributed by atoms with Gasteiger partial charge < -0.3 is 20.1 Å². The van der Waals surface area contributed by atoms with Gasteiger partial charge in [-0.2, -0.15) is 0 Å². The van der Waals surface area contributed by atoms with Crippen molar-refractivity contribution in [1.82, 2.24) is 35.2 Å². The van der Waals surface area contributed by atoms with E-state index in [9.17, 15) is 4.79 Å². The Bertz CT molecular complexity index is 875. The molecular weight excluding hydrogens is 519 g/mol. The molecule has 1 saturated heterocycles. The number of aryl methyl sites for hydroxylation is 1. The van der Waals surface area contributed by atoms with E-state index in [1.807, 2.05) is 50.6 Å². The molecule has 9 nitrogen and oxygen atoms in total. The van der Waals surface area contributed by atoms with Crippen molar-refractivity contribution < 1.29 is 4.79 Å². The van der Waals surface area contributed by atoms with E-state index in [4.69, 9.17) is 4.99 Å². The summed E-state index contributed by atoms with van der Waals surface area (Å²) in [5, 5.41) is 14.8. The molecule has 0 radical (unpaired) electrons. The summed E-state index contributed by atoms with van der Waals surface area (Å²) in [6, 6.07) is 10.4. The van der Waals surface area contributed by atoms with Gasteiger partial charge in [0, 0.05) is 39.3 Å². The number of aliphatic imine (C=N–C) groups is 1. The van der Waals surface area contributed by atoms with Crippen molar-refractivity contribution in [3.05, 3.63) is 47.5 Å². The molecule has 0 bridgehead atoms. The van der Waals surface area contributed by atoms with Crippen molar-refractivity contribution in [3.63, 3.8) is 0 Å². The molecule has 176 valence electrons. The number of aromatic nitrogens is 3. The number of nitrogens with zero attached hydrogens (tertiary/aromatic N) is 6. The van der Waals surface area contributed by atoms with Gasteiger partial charge in [0.15, 0.2) is 11.8 Å². The summed E-state index contributed by atoms with van der Waals surface area (Å²) in [5.74, 6) is 2.69. The molecular formula is C22H35IN8O.